The summed E-state index contributed by atoms with van der Waals surface area (Å²) >= 11 is 0. The van der Waals surface area contributed by atoms with Crippen molar-refractivity contribution in [2.75, 3.05) is 11.4 Å². The van der Waals surface area contributed by atoms with Crippen LogP contribution in [-0.2, 0) is 6.54 Å². The summed E-state index contributed by atoms with van der Waals surface area (Å²) in [6.45, 7) is 8.99. The fourth-order valence-electron chi connectivity index (χ4n) is 2.67. The third kappa shape index (κ3) is 2.81. The zero-order valence-corrected chi connectivity index (χ0v) is 11.2. The van der Waals surface area contributed by atoms with E-state index in [0.29, 0.717) is 12.1 Å². The molecule has 2 atom stereocenters. The van der Waals surface area contributed by atoms with E-state index in [2.05, 4.69) is 55.3 Å². The molecule has 1 aliphatic rings. The molecule has 0 aromatic heterocycles. The first-order chi connectivity index (χ1) is 8.22. The molecule has 2 nitrogen and oxygen atoms in total. The average molecular weight is 232 g/mol. The van der Waals surface area contributed by atoms with Gasteiger partial charge in [0.15, 0.2) is 0 Å². The van der Waals surface area contributed by atoms with Crippen LogP contribution in [-0.4, -0.2) is 18.6 Å². The summed E-state index contributed by atoms with van der Waals surface area (Å²) in [6, 6.07) is 9.98. The first kappa shape index (κ1) is 12.4. The molecular weight excluding hydrogens is 208 g/mol. The van der Waals surface area contributed by atoms with Crippen LogP contribution in [0.3, 0.4) is 0 Å². The minimum Gasteiger partial charge on any atom is -0.367 e. The van der Waals surface area contributed by atoms with E-state index in [-0.39, 0.29) is 0 Å². The van der Waals surface area contributed by atoms with E-state index < -0.39 is 0 Å². The Morgan fingerprint density at radius 2 is 2.18 bits per heavy atom. The maximum atomic E-state index is 3.59. The molecule has 0 saturated heterocycles. The number of para-hydroxylation sites is 1. The van der Waals surface area contributed by atoms with Crippen LogP contribution in [0.5, 0.6) is 0 Å². The van der Waals surface area contributed by atoms with Crippen molar-refractivity contribution >= 4 is 5.69 Å². The molecule has 94 valence electrons. The smallest absolute Gasteiger partial charge is 0.0414 e. The quantitative estimate of drug-likeness (QED) is 0.861. The van der Waals surface area contributed by atoms with Gasteiger partial charge in [-0.2, -0.15) is 0 Å². The van der Waals surface area contributed by atoms with Crippen LogP contribution >= 0.6 is 0 Å². The minimum absolute atomic E-state index is 0.557. The van der Waals surface area contributed by atoms with Gasteiger partial charge in [-0.3, -0.25) is 0 Å². The molecule has 1 aromatic carbocycles. The maximum absolute atomic E-state index is 3.59. The van der Waals surface area contributed by atoms with E-state index in [1.54, 1.807) is 0 Å². The molecule has 0 saturated carbocycles. The van der Waals surface area contributed by atoms with Gasteiger partial charge in [-0.1, -0.05) is 31.5 Å². The number of hydrogen-bond acceptors (Lipinski definition) is 2. The molecule has 2 rings (SSSR count). The fourth-order valence-corrected chi connectivity index (χ4v) is 2.67. The van der Waals surface area contributed by atoms with E-state index >= 15 is 0 Å². The standard InChI is InChI=1S/C15H24N2/c1-4-7-13(3)17-11-12(2)16-10-14-8-5-6-9-15(14)17/h5-6,8-9,12-13,16H,4,7,10-11H2,1-3H3. The molecular formula is C15H24N2. The molecule has 1 aliphatic heterocycles. The van der Waals surface area contributed by atoms with Crippen molar-refractivity contribution in [1.29, 1.82) is 0 Å². The van der Waals surface area contributed by atoms with Gasteiger partial charge in [-0.15, -0.1) is 0 Å². The first-order valence-corrected chi connectivity index (χ1v) is 6.80. The van der Waals surface area contributed by atoms with Crippen LogP contribution in [0.1, 0.15) is 39.2 Å². The molecule has 0 amide bonds. The summed E-state index contributed by atoms with van der Waals surface area (Å²) in [5, 5.41) is 3.59. The van der Waals surface area contributed by atoms with Crippen molar-refractivity contribution in [3.8, 4) is 0 Å². The first-order valence-electron chi connectivity index (χ1n) is 6.80. The van der Waals surface area contributed by atoms with Gasteiger partial charge in [0, 0.05) is 30.9 Å². The largest absolute Gasteiger partial charge is 0.367 e. The van der Waals surface area contributed by atoms with Crippen molar-refractivity contribution in [2.24, 2.45) is 0 Å². The Morgan fingerprint density at radius 1 is 1.41 bits per heavy atom. The fraction of sp³-hybridized carbons (Fsp3) is 0.600. The topological polar surface area (TPSA) is 15.3 Å². The second kappa shape index (κ2) is 5.54. The number of hydrogen-bond donors (Lipinski definition) is 1. The van der Waals surface area contributed by atoms with Crippen LogP contribution in [0.4, 0.5) is 5.69 Å². The second-order valence-electron chi connectivity index (χ2n) is 5.20. The van der Waals surface area contributed by atoms with Gasteiger partial charge in [-0.05, 0) is 31.9 Å². The van der Waals surface area contributed by atoms with E-state index in [9.17, 15) is 0 Å². The SMILES string of the molecule is CCCC(C)N1CC(C)NCc2ccccc21. The Hall–Kier alpha value is -1.02. The van der Waals surface area contributed by atoms with Crippen LogP contribution in [0, 0.1) is 0 Å². The van der Waals surface area contributed by atoms with Gasteiger partial charge in [0.2, 0.25) is 0 Å². The Balaban J connectivity index is 2.28. The van der Waals surface area contributed by atoms with E-state index in [1.807, 2.05) is 0 Å². The van der Waals surface area contributed by atoms with Gasteiger partial charge < -0.3 is 10.2 Å². The Morgan fingerprint density at radius 3 is 2.94 bits per heavy atom. The number of fused-ring (bicyclic) bond motifs is 1. The van der Waals surface area contributed by atoms with Gasteiger partial charge in [0.1, 0.15) is 0 Å². The zero-order chi connectivity index (χ0) is 12.3. The number of nitrogens with one attached hydrogen (secondary N) is 1. The monoisotopic (exact) mass is 232 g/mol. The lowest BCUT2D eigenvalue weighted by molar-refractivity contribution is 0.511. The highest BCUT2D eigenvalue weighted by Gasteiger charge is 2.21. The summed E-state index contributed by atoms with van der Waals surface area (Å²) in [5.41, 5.74) is 2.85. The van der Waals surface area contributed by atoms with E-state index in [0.717, 1.165) is 13.1 Å². The molecule has 0 aliphatic carbocycles. The predicted molar refractivity (Wildman–Crippen MR) is 74.5 cm³/mol. The number of anilines is 1. The maximum Gasteiger partial charge on any atom is 0.0414 e. The van der Waals surface area contributed by atoms with Crippen molar-refractivity contribution in [3.05, 3.63) is 29.8 Å². The van der Waals surface area contributed by atoms with Gasteiger partial charge in [0.25, 0.3) is 0 Å². The molecule has 0 spiro atoms. The summed E-state index contributed by atoms with van der Waals surface area (Å²) in [5.74, 6) is 0. The molecule has 0 radical (unpaired) electrons. The Labute approximate surface area is 105 Å². The molecule has 2 heteroatoms. The molecule has 0 bridgehead atoms. The Bertz CT molecular complexity index is 362. The summed E-state index contributed by atoms with van der Waals surface area (Å²) in [6.07, 6.45) is 2.52. The number of benzene rings is 1. The highest BCUT2D eigenvalue weighted by Crippen LogP contribution is 2.26. The van der Waals surface area contributed by atoms with Gasteiger partial charge in [0.05, 0.1) is 0 Å². The van der Waals surface area contributed by atoms with Crippen molar-refractivity contribution in [2.45, 2.75) is 52.2 Å². The van der Waals surface area contributed by atoms with E-state index in [4.69, 9.17) is 0 Å². The third-order valence-electron chi connectivity index (χ3n) is 3.65. The van der Waals surface area contributed by atoms with Crippen LogP contribution < -0.4 is 10.2 Å². The lowest BCUT2D eigenvalue weighted by Crippen LogP contribution is -2.40. The molecule has 1 heterocycles. The third-order valence-corrected chi connectivity index (χ3v) is 3.65. The van der Waals surface area contributed by atoms with Crippen LogP contribution in [0.15, 0.2) is 24.3 Å². The average Bonchev–Trinajstić information content (AvgIpc) is 2.50. The van der Waals surface area contributed by atoms with Gasteiger partial charge in [-0.25, -0.2) is 0 Å². The van der Waals surface area contributed by atoms with Crippen molar-refractivity contribution < 1.29 is 0 Å². The van der Waals surface area contributed by atoms with E-state index in [1.165, 1.54) is 24.1 Å². The lowest BCUT2D eigenvalue weighted by atomic mass is 10.1. The van der Waals surface area contributed by atoms with Gasteiger partial charge >= 0.3 is 0 Å². The highest BCUT2D eigenvalue weighted by molar-refractivity contribution is 5.55. The summed E-state index contributed by atoms with van der Waals surface area (Å²) in [4.78, 5) is 2.57. The molecule has 1 N–H and O–H groups in total. The minimum atomic E-state index is 0.557. The molecule has 2 unspecified atom stereocenters. The lowest BCUT2D eigenvalue weighted by Gasteiger charge is -2.32. The second-order valence-corrected chi connectivity index (χ2v) is 5.20. The summed E-state index contributed by atoms with van der Waals surface area (Å²) in [7, 11) is 0. The highest BCUT2D eigenvalue weighted by atomic mass is 15.2. The normalized spacial score (nSPS) is 21.8. The van der Waals surface area contributed by atoms with Crippen molar-refractivity contribution in [3.63, 3.8) is 0 Å². The molecule has 0 fully saturated rings. The van der Waals surface area contributed by atoms with Crippen molar-refractivity contribution in [1.82, 2.24) is 5.32 Å². The van der Waals surface area contributed by atoms with Crippen LogP contribution in [0.25, 0.3) is 0 Å². The number of nitrogens with zero attached hydrogens (tertiary/aromatic N) is 1. The molecule has 17 heavy (non-hydrogen) atoms. The summed E-state index contributed by atoms with van der Waals surface area (Å²) < 4.78 is 0. The van der Waals surface area contributed by atoms with Crippen LogP contribution in [0.2, 0.25) is 0 Å². The Kier molecular flexibility index (Phi) is 4.06. The zero-order valence-electron chi connectivity index (χ0n) is 11.2. The number of rotatable bonds is 3. The predicted octanol–water partition coefficient (Wildman–Crippen LogP) is 3.17. The molecule has 1 aromatic rings.